The van der Waals surface area contributed by atoms with Crippen LogP contribution < -0.4 is 0 Å². The van der Waals surface area contributed by atoms with Crippen LogP contribution in [-0.4, -0.2) is 24.3 Å². The average Bonchev–Trinajstić information content (AvgIpc) is 2.03. The van der Waals surface area contributed by atoms with E-state index in [9.17, 15) is 4.79 Å². The Hall–Kier alpha value is -0.300. The van der Waals surface area contributed by atoms with E-state index in [1.54, 1.807) is 13.2 Å². The van der Waals surface area contributed by atoms with Crippen LogP contribution in [0.2, 0.25) is 0 Å². The highest BCUT2D eigenvalue weighted by atomic mass is 32.2. The summed E-state index contributed by atoms with van der Waals surface area (Å²) < 4.78 is 4.30. The van der Waals surface area contributed by atoms with Gasteiger partial charge in [0.25, 0.3) is 0 Å². The third-order valence-corrected chi connectivity index (χ3v) is 1.08. The molecule has 0 saturated carbocycles. The fourth-order valence-electron chi connectivity index (χ4n) is 0.350. The fraction of sp³-hybridized carbons (Fsp3) is 0.800. The van der Waals surface area contributed by atoms with Crippen molar-refractivity contribution in [2.45, 2.75) is 13.3 Å². The maximum absolute atomic E-state index is 10.8. The van der Waals surface area contributed by atoms with E-state index in [-0.39, 0.29) is 5.91 Å². The summed E-state index contributed by atoms with van der Waals surface area (Å²) >= 11 is 0.978. The first-order chi connectivity index (χ1) is 5.22. The highest BCUT2D eigenvalue weighted by molar-refractivity contribution is 7.93. The van der Waals surface area contributed by atoms with Crippen LogP contribution in [0.5, 0.6) is 0 Å². The lowest BCUT2D eigenvalue weighted by molar-refractivity contribution is -0.527. The monoisotopic (exact) mass is 181 g/mol. The molecule has 5 nitrogen and oxygen atoms in total. The summed E-state index contributed by atoms with van der Waals surface area (Å²) in [5.41, 5.74) is 0. The van der Waals surface area contributed by atoms with Crippen LogP contribution in [0.15, 0.2) is 0 Å². The molecule has 0 radical (unpaired) electrons. The Bertz CT molecular complexity index is 121. The normalized spacial score (nSPS) is 9.73. The molecule has 0 bridgehead atoms. The van der Waals surface area contributed by atoms with Gasteiger partial charge in [-0.2, -0.15) is 5.06 Å². The van der Waals surface area contributed by atoms with Crippen LogP contribution in [-0.2, 0) is 19.2 Å². The summed E-state index contributed by atoms with van der Waals surface area (Å²) in [4.78, 5) is 15.1. The molecule has 0 aliphatic rings. The maximum Gasteiger partial charge on any atom is 0.248 e. The molecular formula is C5H11NO4S. The molecule has 0 saturated heterocycles. The van der Waals surface area contributed by atoms with E-state index < -0.39 is 0 Å². The first-order valence-corrected chi connectivity index (χ1v) is 4.18. The Morgan fingerprint density at radius 3 is 2.73 bits per heavy atom. The summed E-state index contributed by atoms with van der Waals surface area (Å²) in [6.45, 7) is 1.72. The van der Waals surface area contributed by atoms with E-state index in [4.69, 9.17) is 0 Å². The molecule has 1 amide bonds. The van der Waals surface area contributed by atoms with Crippen molar-refractivity contribution in [2.24, 2.45) is 0 Å². The lowest BCUT2D eigenvalue weighted by atomic mass is 10.5. The molecule has 6 heteroatoms. The van der Waals surface area contributed by atoms with Crippen LogP contribution >= 0.6 is 12.0 Å². The first kappa shape index (κ1) is 10.7. The lowest BCUT2D eigenvalue weighted by Gasteiger charge is -2.11. The fourth-order valence-corrected chi connectivity index (χ4v) is 0.430. The highest BCUT2D eigenvalue weighted by Crippen LogP contribution is 1.98. The molecule has 0 aliphatic carbocycles. The third-order valence-electron chi connectivity index (χ3n) is 0.892. The Kier molecular flexibility index (Phi) is 6.24. The zero-order chi connectivity index (χ0) is 8.69. The van der Waals surface area contributed by atoms with Crippen molar-refractivity contribution in [3.8, 4) is 0 Å². The molecule has 0 heterocycles. The lowest BCUT2D eigenvalue weighted by Crippen LogP contribution is -2.25. The molecule has 0 aromatic carbocycles. The van der Waals surface area contributed by atoms with Gasteiger partial charge in [-0.3, -0.25) is 4.79 Å². The summed E-state index contributed by atoms with van der Waals surface area (Å²) in [7, 11) is 1.44. The van der Waals surface area contributed by atoms with Crippen molar-refractivity contribution in [1.29, 1.82) is 0 Å². The molecule has 11 heavy (non-hydrogen) atoms. The van der Waals surface area contributed by atoms with Crippen molar-refractivity contribution in [3.05, 3.63) is 0 Å². The van der Waals surface area contributed by atoms with Crippen LogP contribution in [0.3, 0.4) is 0 Å². The molecule has 0 spiro atoms. The minimum absolute atomic E-state index is 0.185. The van der Waals surface area contributed by atoms with E-state index in [1.165, 1.54) is 7.05 Å². The standard InChI is InChI=1S/C5H11NO4S/c1-4-5(7)6(2)8-9-10-11-3/h4H2,1-3H3. The molecule has 0 N–H and O–H groups in total. The maximum atomic E-state index is 10.8. The second-order valence-electron chi connectivity index (χ2n) is 1.62. The predicted octanol–water partition coefficient (Wildman–Crippen LogP) is 0.928. The number of carbonyl (C=O) groups is 1. The quantitative estimate of drug-likeness (QED) is 0.273. The van der Waals surface area contributed by atoms with Crippen LogP contribution in [0.25, 0.3) is 0 Å². The van der Waals surface area contributed by atoms with Gasteiger partial charge in [-0.25, -0.2) is 0 Å². The van der Waals surface area contributed by atoms with Gasteiger partial charge in [0.2, 0.25) is 5.91 Å². The van der Waals surface area contributed by atoms with E-state index in [1.807, 2.05) is 0 Å². The van der Waals surface area contributed by atoms with Gasteiger partial charge in [-0.1, -0.05) is 11.9 Å². The Balaban J connectivity index is 3.36. The summed E-state index contributed by atoms with van der Waals surface area (Å²) in [6.07, 6.45) is 2.02. The second kappa shape index (κ2) is 6.41. The van der Waals surface area contributed by atoms with Gasteiger partial charge in [0.15, 0.2) is 0 Å². The van der Waals surface area contributed by atoms with Gasteiger partial charge in [-0.05, 0) is 5.04 Å². The zero-order valence-electron chi connectivity index (χ0n) is 6.70. The van der Waals surface area contributed by atoms with Gasteiger partial charge in [-0.15, -0.1) is 4.33 Å². The number of carbonyl (C=O) groups excluding carboxylic acids is 1. The Morgan fingerprint density at radius 2 is 2.27 bits per heavy atom. The molecule has 0 aromatic rings. The topological polar surface area (TPSA) is 48.0 Å². The van der Waals surface area contributed by atoms with Crippen molar-refractivity contribution in [1.82, 2.24) is 5.06 Å². The van der Waals surface area contributed by atoms with Gasteiger partial charge < -0.3 is 0 Å². The summed E-state index contributed by atoms with van der Waals surface area (Å²) in [6, 6.07) is 0. The molecule has 0 unspecified atom stereocenters. The highest BCUT2D eigenvalue weighted by Gasteiger charge is 2.06. The minimum atomic E-state index is -0.185. The average molecular weight is 181 g/mol. The number of rotatable bonds is 5. The molecule has 0 atom stereocenters. The number of nitrogens with zero attached hydrogens (tertiary/aromatic N) is 1. The van der Waals surface area contributed by atoms with E-state index in [0.29, 0.717) is 6.42 Å². The van der Waals surface area contributed by atoms with Crippen molar-refractivity contribution in [3.63, 3.8) is 0 Å². The van der Waals surface area contributed by atoms with Crippen molar-refractivity contribution < 1.29 is 19.2 Å². The Morgan fingerprint density at radius 1 is 1.64 bits per heavy atom. The Labute approximate surface area is 69.6 Å². The van der Waals surface area contributed by atoms with Crippen molar-refractivity contribution in [2.75, 3.05) is 13.3 Å². The number of hydrogen-bond acceptors (Lipinski definition) is 5. The zero-order valence-corrected chi connectivity index (χ0v) is 7.51. The SMILES string of the molecule is CCC(=O)N(C)OOOSC. The largest absolute Gasteiger partial charge is 0.273 e. The molecule has 0 fully saturated rings. The molecular weight excluding hydrogens is 170 g/mol. The number of hydrogen-bond donors (Lipinski definition) is 0. The molecule has 0 aromatic heterocycles. The summed E-state index contributed by atoms with van der Waals surface area (Å²) in [5, 5.41) is 5.09. The predicted molar refractivity (Wildman–Crippen MR) is 39.8 cm³/mol. The molecule has 0 rings (SSSR count). The van der Waals surface area contributed by atoms with Crippen molar-refractivity contribution >= 4 is 17.9 Å². The minimum Gasteiger partial charge on any atom is -0.273 e. The van der Waals surface area contributed by atoms with Crippen LogP contribution in [0.1, 0.15) is 13.3 Å². The first-order valence-electron chi connectivity index (χ1n) is 3.03. The van der Waals surface area contributed by atoms with E-state index >= 15 is 0 Å². The van der Waals surface area contributed by atoms with Gasteiger partial charge in [0.1, 0.15) is 0 Å². The molecule has 66 valence electrons. The van der Waals surface area contributed by atoms with Gasteiger partial charge in [0.05, 0.1) is 0 Å². The van der Waals surface area contributed by atoms with E-state index in [0.717, 1.165) is 17.1 Å². The smallest absolute Gasteiger partial charge is 0.248 e. The molecule has 0 aliphatic heterocycles. The van der Waals surface area contributed by atoms with Crippen LogP contribution in [0.4, 0.5) is 0 Å². The van der Waals surface area contributed by atoms with Gasteiger partial charge in [0, 0.05) is 31.8 Å². The van der Waals surface area contributed by atoms with Crippen LogP contribution in [0, 0.1) is 0 Å². The summed E-state index contributed by atoms with van der Waals surface area (Å²) in [5.74, 6) is -0.185. The second-order valence-corrected chi connectivity index (χ2v) is 2.09. The van der Waals surface area contributed by atoms with E-state index in [2.05, 4.69) is 14.4 Å². The number of amides is 1. The van der Waals surface area contributed by atoms with Gasteiger partial charge >= 0.3 is 0 Å². The third kappa shape index (κ3) is 5.02. The number of hydroxylamine groups is 2.